The standard InChI is InChI=1S/C45H26FN7/c46-34-19-17-31(18-20-34)45-52-43(29-13-9-27(10-14-29)37-25-32-5-1-21-47-39(32)41-35(37)7-3-23-49-41)51-44(53-45)30-15-11-28(12-16-30)38-26-33-6-2-22-48-40(33)42-36(38)8-4-24-50-42/h1-26H. The molecule has 0 atom stereocenters. The van der Waals surface area contributed by atoms with Crippen LogP contribution >= 0.6 is 0 Å². The van der Waals surface area contributed by atoms with Crippen LogP contribution in [0.2, 0.25) is 0 Å². The minimum atomic E-state index is -0.325. The summed E-state index contributed by atoms with van der Waals surface area (Å²) in [5.74, 6) is 1.15. The molecule has 0 aliphatic heterocycles. The summed E-state index contributed by atoms with van der Waals surface area (Å²) >= 11 is 0. The number of nitrogens with zero attached hydrogens (tertiary/aromatic N) is 7. The predicted molar refractivity (Wildman–Crippen MR) is 208 cm³/mol. The number of halogens is 1. The zero-order valence-corrected chi connectivity index (χ0v) is 28.0. The van der Waals surface area contributed by atoms with Gasteiger partial charge in [0.05, 0.1) is 22.1 Å². The van der Waals surface area contributed by atoms with Crippen molar-refractivity contribution in [3.63, 3.8) is 0 Å². The first-order valence-electron chi connectivity index (χ1n) is 17.1. The van der Waals surface area contributed by atoms with Gasteiger partial charge in [0.25, 0.3) is 0 Å². The van der Waals surface area contributed by atoms with Crippen LogP contribution in [0.1, 0.15) is 0 Å². The largest absolute Gasteiger partial charge is 0.254 e. The van der Waals surface area contributed by atoms with Gasteiger partial charge in [-0.1, -0.05) is 72.8 Å². The van der Waals surface area contributed by atoms with E-state index in [4.69, 9.17) is 15.0 Å². The molecule has 8 heteroatoms. The van der Waals surface area contributed by atoms with Gasteiger partial charge in [-0.25, -0.2) is 19.3 Å². The molecule has 0 fully saturated rings. The van der Waals surface area contributed by atoms with Crippen molar-refractivity contribution in [1.82, 2.24) is 34.9 Å². The Morgan fingerprint density at radius 2 is 0.679 bits per heavy atom. The molecule has 248 valence electrons. The third-order valence-electron chi connectivity index (χ3n) is 9.57. The Kier molecular flexibility index (Phi) is 7.18. The fraction of sp³-hybridized carbons (Fsp3) is 0. The second-order valence-electron chi connectivity index (χ2n) is 12.8. The van der Waals surface area contributed by atoms with Crippen molar-refractivity contribution in [3.8, 4) is 56.4 Å². The summed E-state index contributed by atoms with van der Waals surface area (Å²) in [6.07, 6.45) is 7.19. The molecule has 53 heavy (non-hydrogen) atoms. The first-order chi connectivity index (χ1) is 26.2. The lowest BCUT2D eigenvalue weighted by Gasteiger charge is -2.12. The van der Waals surface area contributed by atoms with E-state index in [1.54, 1.807) is 36.9 Å². The maximum atomic E-state index is 13.9. The highest BCUT2D eigenvalue weighted by atomic mass is 19.1. The number of pyridine rings is 4. The van der Waals surface area contributed by atoms with Gasteiger partial charge in [-0.2, -0.15) is 0 Å². The first-order valence-corrected chi connectivity index (χ1v) is 17.1. The fourth-order valence-corrected chi connectivity index (χ4v) is 6.99. The van der Waals surface area contributed by atoms with E-state index in [1.165, 1.54) is 12.1 Å². The molecule has 7 nitrogen and oxygen atoms in total. The summed E-state index contributed by atoms with van der Waals surface area (Å²) in [4.78, 5) is 33.3. The van der Waals surface area contributed by atoms with E-state index in [-0.39, 0.29) is 5.82 Å². The number of aromatic nitrogens is 7. The number of hydrogen-bond acceptors (Lipinski definition) is 7. The monoisotopic (exact) mass is 683 g/mol. The average Bonchev–Trinajstić information content (AvgIpc) is 3.23. The quantitative estimate of drug-likeness (QED) is 0.167. The average molecular weight is 684 g/mol. The van der Waals surface area contributed by atoms with Crippen LogP contribution in [-0.4, -0.2) is 34.9 Å². The van der Waals surface area contributed by atoms with Crippen molar-refractivity contribution in [2.75, 3.05) is 0 Å². The topological polar surface area (TPSA) is 90.2 Å². The van der Waals surface area contributed by atoms with Crippen molar-refractivity contribution >= 4 is 43.6 Å². The summed E-state index contributed by atoms with van der Waals surface area (Å²) in [6.45, 7) is 0. The molecular weight excluding hydrogens is 658 g/mol. The fourth-order valence-electron chi connectivity index (χ4n) is 6.99. The molecule has 0 unspecified atom stereocenters. The molecule has 0 aliphatic rings. The van der Waals surface area contributed by atoms with Crippen LogP contribution in [0, 0.1) is 5.82 Å². The molecule has 0 aliphatic carbocycles. The van der Waals surface area contributed by atoms with Crippen molar-refractivity contribution in [2.45, 2.75) is 0 Å². The van der Waals surface area contributed by atoms with E-state index in [1.807, 2.05) is 48.5 Å². The van der Waals surface area contributed by atoms with Crippen LogP contribution in [0.25, 0.3) is 100 Å². The lowest BCUT2D eigenvalue weighted by molar-refractivity contribution is 0.628. The second kappa shape index (κ2) is 12.5. The van der Waals surface area contributed by atoms with Gasteiger partial charge in [-0.15, -0.1) is 0 Å². The summed E-state index contributed by atoms with van der Waals surface area (Å²) < 4.78 is 13.9. The maximum absolute atomic E-state index is 13.9. The Morgan fingerprint density at radius 3 is 1.09 bits per heavy atom. The van der Waals surface area contributed by atoms with E-state index in [9.17, 15) is 4.39 Å². The van der Waals surface area contributed by atoms with E-state index in [0.29, 0.717) is 23.0 Å². The van der Waals surface area contributed by atoms with Crippen LogP contribution in [0.4, 0.5) is 4.39 Å². The summed E-state index contributed by atoms with van der Waals surface area (Å²) in [5, 5.41) is 4.11. The zero-order valence-electron chi connectivity index (χ0n) is 28.0. The van der Waals surface area contributed by atoms with Gasteiger partial charge in [0, 0.05) is 63.0 Å². The van der Waals surface area contributed by atoms with Crippen LogP contribution in [-0.2, 0) is 0 Å². The van der Waals surface area contributed by atoms with E-state index >= 15 is 0 Å². The maximum Gasteiger partial charge on any atom is 0.164 e. The Hall–Kier alpha value is -7.32. The summed E-state index contributed by atoms with van der Waals surface area (Å²) in [6, 6.07) is 43.0. The SMILES string of the molecule is Fc1ccc(-c2nc(-c3ccc(-c4cc5cccnc5c5ncccc45)cc3)nc(-c3ccc(-c4cc5cccnc5c5ncccc45)cc3)n2)cc1. The molecule has 0 spiro atoms. The highest BCUT2D eigenvalue weighted by Crippen LogP contribution is 2.36. The van der Waals surface area contributed by atoms with Crippen molar-refractivity contribution in [1.29, 1.82) is 0 Å². The number of hydrogen-bond donors (Lipinski definition) is 0. The molecule has 5 aromatic heterocycles. The molecule has 0 saturated carbocycles. The normalized spacial score (nSPS) is 11.5. The molecule has 0 saturated heterocycles. The molecule has 0 N–H and O–H groups in total. The number of benzene rings is 5. The van der Waals surface area contributed by atoms with Gasteiger partial charge in [-0.3, -0.25) is 19.9 Å². The Labute approximate surface area is 302 Å². The molecule has 10 aromatic rings. The van der Waals surface area contributed by atoms with E-state index in [0.717, 1.165) is 77.0 Å². The van der Waals surface area contributed by atoms with Crippen LogP contribution in [0.3, 0.4) is 0 Å². The lowest BCUT2D eigenvalue weighted by Crippen LogP contribution is -2.00. The van der Waals surface area contributed by atoms with Crippen LogP contribution < -0.4 is 0 Å². The van der Waals surface area contributed by atoms with Crippen molar-refractivity contribution in [3.05, 3.63) is 164 Å². The van der Waals surface area contributed by atoms with Gasteiger partial charge in [0.15, 0.2) is 17.5 Å². The molecule has 10 rings (SSSR count). The Balaban J connectivity index is 1.06. The Bertz CT molecular complexity index is 2820. The van der Waals surface area contributed by atoms with Crippen LogP contribution in [0.5, 0.6) is 0 Å². The van der Waals surface area contributed by atoms with Crippen molar-refractivity contribution in [2.24, 2.45) is 0 Å². The first kappa shape index (κ1) is 30.5. The van der Waals surface area contributed by atoms with Crippen LogP contribution in [0.15, 0.2) is 158 Å². The van der Waals surface area contributed by atoms with Gasteiger partial charge < -0.3 is 0 Å². The summed E-state index contributed by atoms with van der Waals surface area (Å²) in [5.41, 5.74) is 10.0. The highest BCUT2D eigenvalue weighted by molar-refractivity contribution is 6.11. The Morgan fingerprint density at radius 1 is 0.340 bits per heavy atom. The lowest BCUT2D eigenvalue weighted by atomic mass is 9.96. The third-order valence-corrected chi connectivity index (χ3v) is 9.57. The van der Waals surface area contributed by atoms with Crippen molar-refractivity contribution < 1.29 is 4.39 Å². The minimum Gasteiger partial charge on any atom is -0.254 e. The molecule has 0 amide bonds. The smallest absolute Gasteiger partial charge is 0.164 e. The number of rotatable bonds is 5. The summed E-state index contributed by atoms with van der Waals surface area (Å²) in [7, 11) is 0. The molecule has 5 aromatic carbocycles. The van der Waals surface area contributed by atoms with E-state index in [2.05, 4.69) is 80.6 Å². The van der Waals surface area contributed by atoms with Gasteiger partial charge in [0.2, 0.25) is 0 Å². The van der Waals surface area contributed by atoms with E-state index < -0.39 is 0 Å². The molecule has 0 radical (unpaired) electrons. The molecular formula is C45H26FN7. The molecule has 0 bridgehead atoms. The van der Waals surface area contributed by atoms with Gasteiger partial charge >= 0.3 is 0 Å². The van der Waals surface area contributed by atoms with Gasteiger partial charge in [-0.05, 0) is 82.9 Å². The predicted octanol–water partition coefficient (Wildman–Crippen LogP) is 10.5. The zero-order chi connectivity index (χ0) is 35.3. The third kappa shape index (κ3) is 5.41. The second-order valence-corrected chi connectivity index (χ2v) is 12.8. The minimum absolute atomic E-state index is 0.325. The number of fused-ring (bicyclic) bond motifs is 6. The highest BCUT2D eigenvalue weighted by Gasteiger charge is 2.16. The van der Waals surface area contributed by atoms with Gasteiger partial charge in [0.1, 0.15) is 5.82 Å². The molecule has 5 heterocycles.